The van der Waals surface area contributed by atoms with E-state index in [0.29, 0.717) is 35.7 Å². The van der Waals surface area contributed by atoms with E-state index in [4.69, 9.17) is 14.5 Å². The van der Waals surface area contributed by atoms with E-state index in [1.807, 2.05) is 57.5 Å². The fraction of sp³-hybridized carbons (Fsp3) is 0.444. The molecule has 2 amide bonds. The van der Waals surface area contributed by atoms with E-state index in [2.05, 4.69) is 15.4 Å². The molecule has 1 fully saturated rings. The lowest BCUT2D eigenvalue weighted by atomic mass is 9.94. The maximum Gasteiger partial charge on any atom is 0.410 e. The fourth-order valence-electron chi connectivity index (χ4n) is 4.54. The van der Waals surface area contributed by atoms with Gasteiger partial charge in [-0.05, 0) is 53.5 Å². The quantitative estimate of drug-likeness (QED) is 0.412. The molecule has 5 rings (SSSR count). The summed E-state index contributed by atoms with van der Waals surface area (Å²) in [6.07, 6.45) is 9.88. The Morgan fingerprint density at radius 1 is 1.16 bits per heavy atom. The second-order valence-corrected chi connectivity index (χ2v) is 10.8. The highest BCUT2D eigenvalue weighted by atomic mass is 16.6. The molecule has 4 aromatic rings. The molecular weight excluding hydrogens is 486 g/mol. The SMILES string of the molecule is CC(C)Oc1cc2nc(C3CCN(C(=O)OC(C)(C)C)CC3)cn2cc1NC(=O)c1cnn2cccnc12. The van der Waals surface area contributed by atoms with Crippen LogP contribution in [0.5, 0.6) is 5.75 Å². The Morgan fingerprint density at radius 2 is 1.92 bits per heavy atom. The number of imidazole rings is 1. The van der Waals surface area contributed by atoms with Gasteiger partial charge in [0.25, 0.3) is 5.91 Å². The van der Waals surface area contributed by atoms with Crippen molar-refractivity contribution in [2.45, 2.75) is 65.1 Å². The van der Waals surface area contributed by atoms with E-state index in [1.54, 1.807) is 27.9 Å². The van der Waals surface area contributed by atoms with Crippen molar-refractivity contribution in [1.29, 1.82) is 0 Å². The van der Waals surface area contributed by atoms with Gasteiger partial charge in [0.1, 0.15) is 28.2 Å². The average Bonchev–Trinajstić information content (AvgIpc) is 3.47. The number of nitrogens with zero attached hydrogens (tertiary/aromatic N) is 6. The molecule has 1 aliphatic rings. The third-order valence-electron chi connectivity index (χ3n) is 6.27. The lowest BCUT2D eigenvalue weighted by Crippen LogP contribution is -2.41. The molecule has 0 atom stereocenters. The van der Waals surface area contributed by atoms with Gasteiger partial charge in [-0.3, -0.25) is 4.79 Å². The maximum atomic E-state index is 13.2. The second kappa shape index (κ2) is 9.96. The molecule has 38 heavy (non-hydrogen) atoms. The lowest BCUT2D eigenvalue weighted by molar-refractivity contribution is 0.0204. The van der Waals surface area contributed by atoms with Gasteiger partial charge in [0.2, 0.25) is 0 Å². The van der Waals surface area contributed by atoms with Gasteiger partial charge in [0, 0.05) is 49.9 Å². The number of amides is 2. The number of aromatic nitrogens is 5. The zero-order chi connectivity index (χ0) is 27.0. The zero-order valence-corrected chi connectivity index (χ0v) is 22.3. The van der Waals surface area contributed by atoms with E-state index in [-0.39, 0.29) is 24.0 Å². The minimum absolute atomic E-state index is 0.0987. The van der Waals surface area contributed by atoms with Crippen LogP contribution in [0, 0.1) is 0 Å². The second-order valence-electron chi connectivity index (χ2n) is 10.8. The van der Waals surface area contributed by atoms with Crippen LogP contribution in [-0.2, 0) is 4.74 Å². The minimum Gasteiger partial charge on any atom is -0.489 e. The van der Waals surface area contributed by atoms with Gasteiger partial charge in [-0.2, -0.15) is 5.10 Å². The van der Waals surface area contributed by atoms with Crippen LogP contribution in [0.15, 0.2) is 43.1 Å². The van der Waals surface area contributed by atoms with Gasteiger partial charge in [-0.25, -0.2) is 19.3 Å². The maximum absolute atomic E-state index is 13.2. The summed E-state index contributed by atoms with van der Waals surface area (Å²) in [6.45, 7) is 10.7. The number of hydrogen-bond acceptors (Lipinski definition) is 7. The molecule has 0 unspecified atom stereocenters. The van der Waals surface area contributed by atoms with Crippen molar-refractivity contribution in [2.24, 2.45) is 0 Å². The van der Waals surface area contributed by atoms with E-state index >= 15 is 0 Å². The Bertz CT molecular complexity index is 1480. The number of pyridine rings is 1. The Kier molecular flexibility index (Phi) is 6.68. The normalized spacial score (nSPS) is 14.8. The van der Waals surface area contributed by atoms with Gasteiger partial charge in [-0.15, -0.1) is 0 Å². The fourth-order valence-corrected chi connectivity index (χ4v) is 4.54. The van der Waals surface area contributed by atoms with Crippen molar-refractivity contribution < 1.29 is 19.1 Å². The first-order valence-electron chi connectivity index (χ1n) is 12.8. The van der Waals surface area contributed by atoms with Gasteiger partial charge >= 0.3 is 6.09 Å². The minimum atomic E-state index is -0.514. The molecule has 5 heterocycles. The summed E-state index contributed by atoms with van der Waals surface area (Å²) in [5.74, 6) is 0.412. The van der Waals surface area contributed by atoms with E-state index in [9.17, 15) is 9.59 Å². The molecule has 4 aromatic heterocycles. The highest BCUT2D eigenvalue weighted by Gasteiger charge is 2.29. The predicted octanol–water partition coefficient (Wildman–Crippen LogP) is 4.53. The molecule has 200 valence electrons. The van der Waals surface area contributed by atoms with Crippen LogP contribution >= 0.6 is 0 Å². The van der Waals surface area contributed by atoms with Crippen LogP contribution in [0.25, 0.3) is 11.3 Å². The topological polar surface area (TPSA) is 115 Å². The first kappa shape index (κ1) is 25.5. The largest absolute Gasteiger partial charge is 0.489 e. The standard InChI is InChI=1S/C27H33N7O4/c1-17(2)37-22-13-23-30-20(18-7-11-32(12-8-18)26(36)38-27(3,4)5)15-33(23)16-21(22)31-25(35)19-14-29-34-10-6-9-28-24(19)34/h6,9-10,13-18H,7-8,11-12H2,1-5H3,(H,31,35). The van der Waals surface area contributed by atoms with Gasteiger partial charge in [-0.1, -0.05) is 0 Å². The third-order valence-corrected chi connectivity index (χ3v) is 6.27. The molecule has 11 heteroatoms. The molecule has 1 N–H and O–H groups in total. The van der Waals surface area contributed by atoms with Crippen LogP contribution in [0.1, 0.15) is 69.4 Å². The van der Waals surface area contributed by atoms with Crippen LogP contribution in [0.2, 0.25) is 0 Å². The molecule has 1 saturated heterocycles. The molecule has 1 aliphatic heterocycles. The van der Waals surface area contributed by atoms with Crippen molar-refractivity contribution >= 4 is 29.0 Å². The summed E-state index contributed by atoms with van der Waals surface area (Å²) in [7, 11) is 0. The summed E-state index contributed by atoms with van der Waals surface area (Å²) < 4.78 is 15.0. The Labute approximate surface area is 220 Å². The number of likely N-dealkylation sites (tertiary alicyclic amines) is 1. The molecule has 0 aliphatic carbocycles. The highest BCUT2D eigenvalue weighted by Crippen LogP contribution is 2.32. The number of carbonyl (C=O) groups is 2. The van der Waals surface area contributed by atoms with Crippen LogP contribution in [0.4, 0.5) is 10.5 Å². The summed E-state index contributed by atoms with van der Waals surface area (Å²) >= 11 is 0. The number of rotatable bonds is 5. The lowest BCUT2D eigenvalue weighted by Gasteiger charge is -2.32. The van der Waals surface area contributed by atoms with Crippen molar-refractivity contribution in [3.8, 4) is 5.75 Å². The summed E-state index contributed by atoms with van der Waals surface area (Å²) in [5.41, 5.74) is 2.51. The number of anilines is 1. The number of carbonyl (C=O) groups excluding carboxylic acids is 2. The van der Waals surface area contributed by atoms with Crippen molar-refractivity contribution in [2.75, 3.05) is 18.4 Å². The van der Waals surface area contributed by atoms with Crippen LogP contribution in [-0.4, -0.2) is 65.7 Å². The van der Waals surface area contributed by atoms with Crippen LogP contribution < -0.4 is 10.1 Å². The number of fused-ring (bicyclic) bond motifs is 2. The van der Waals surface area contributed by atoms with E-state index in [0.717, 1.165) is 24.2 Å². The predicted molar refractivity (Wildman–Crippen MR) is 142 cm³/mol. The summed E-state index contributed by atoms with van der Waals surface area (Å²) in [4.78, 5) is 36.5. The number of nitrogens with one attached hydrogen (secondary N) is 1. The Morgan fingerprint density at radius 3 is 2.63 bits per heavy atom. The monoisotopic (exact) mass is 519 g/mol. The van der Waals surface area contributed by atoms with Gasteiger partial charge in [0.05, 0.1) is 18.0 Å². The Hall–Kier alpha value is -4.15. The molecule has 0 spiro atoms. The zero-order valence-electron chi connectivity index (χ0n) is 22.3. The molecule has 11 nitrogen and oxygen atoms in total. The van der Waals surface area contributed by atoms with Crippen molar-refractivity contribution in [1.82, 2.24) is 28.9 Å². The number of ether oxygens (including phenoxy) is 2. The van der Waals surface area contributed by atoms with Crippen LogP contribution in [0.3, 0.4) is 0 Å². The summed E-state index contributed by atoms with van der Waals surface area (Å²) in [6, 6.07) is 3.59. The van der Waals surface area contributed by atoms with Crippen molar-refractivity contribution in [3.63, 3.8) is 0 Å². The highest BCUT2D eigenvalue weighted by molar-refractivity contribution is 6.08. The third kappa shape index (κ3) is 5.41. The molecule has 0 radical (unpaired) electrons. The first-order chi connectivity index (χ1) is 18.1. The van der Waals surface area contributed by atoms with E-state index in [1.165, 1.54) is 6.20 Å². The molecule has 0 aromatic carbocycles. The number of hydrogen-bond donors (Lipinski definition) is 1. The number of piperidine rings is 1. The van der Waals surface area contributed by atoms with Gasteiger partial charge in [0.15, 0.2) is 5.65 Å². The van der Waals surface area contributed by atoms with Gasteiger partial charge < -0.3 is 24.1 Å². The molecular formula is C27H33N7O4. The average molecular weight is 520 g/mol. The van der Waals surface area contributed by atoms with E-state index < -0.39 is 5.60 Å². The first-order valence-corrected chi connectivity index (χ1v) is 12.8. The Balaban J connectivity index is 1.36. The molecule has 0 bridgehead atoms. The molecule has 0 saturated carbocycles. The summed E-state index contributed by atoms with van der Waals surface area (Å²) in [5, 5.41) is 7.17. The smallest absolute Gasteiger partial charge is 0.410 e. The van der Waals surface area contributed by atoms with Crippen molar-refractivity contribution in [3.05, 3.63) is 54.4 Å².